The van der Waals surface area contributed by atoms with E-state index in [4.69, 9.17) is 0 Å². The maximum absolute atomic E-state index is 12.5. The maximum Gasteiger partial charge on any atom is 0.261 e. The lowest BCUT2D eigenvalue weighted by molar-refractivity contribution is 0.0321. The van der Waals surface area contributed by atoms with Gasteiger partial charge < -0.3 is 5.11 Å². The Balaban J connectivity index is 1.96. The SMILES string of the molecule is O=C1c2ccc(Br)cc2C(=O)N1C1CCCCCC1O. The molecular weight excluding hydrogens is 322 g/mol. The minimum atomic E-state index is -0.608. The molecule has 1 aromatic rings. The van der Waals surface area contributed by atoms with Gasteiger partial charge in [-0.3, -0.25) is 14.5 Å². The van der Waals surface area contributed by atoms with Gasteiger partial charge in [0.1, 0.15) is 0 Å². The summed E-state index contributed by atoms with van der Waals surface area (Å²) in [4.78, 5) is 26.2. The van der Waals surface area contributed by atoms with Gasteiger partial charge in [-0.15, -0.1) is 0 Å². The molecule has 1 aliphatic carbocycles. The zero-order valence-corrected chi connectivity index (χ0v) is 12.6. The van der Waals surface area contributed by atoms with Gasteiger partial charge in [0.05, 0.1) is 23.3 Å². The van der Waals surface area contributed by atoms with Crippen molar-refractivity contribution in [1.29, 1.82) is 0 Å². The summed E-state index contributed by atoms with van der Waals surface area (Å²) in [7, 11) is 0. The lowest BCUT2D eigenvalue weighted by Gasteiger charge is -2.28. The Labute approximate surface area is 125 Å². The Hall–Kier alpha value is -1.20. The van der Waals surface area contributed by atoms with E-state index >= 15 is 0 Å². The topological polar surface area (TPSA) is 57.6 Å². The van der Waals surface area contributed by atoms with Crippen molar-refractivity contribution in [3.63, 3.8) is 0 Å². The molecule has 4 nitrogen and oxygen atoms in total. The summed E-state index contributed by atoms with van der Waals surface area (Å²) >= 11 is 3.32. The lowest BCUT2D eigenvalue weighted by atomic mass is 10.0. The summed E-state index contributed by atoms with van der Waals surface area (Å²) in [6.07, 6.45) is 3.67. The first-order valence-corrected chi connectivity index (χ1v) is 7.74. The van der Waals surface area contributed by atoms with E-state index in [9.17, 15) is 14.7 Å². The molecule has 20 heavy (non-hydrogen) atoms. The fourth-order valence-corrected chi connectivity index (χ4v) is 3.46. The molecule has 2 atom stereocenters. The average molecular weight is 338 g/mol. The zero-order valence-electron chi connectivity index (χ0n) is 11.0. The first kappa shape index (κ1) is 13.8. The number of rotatable bonds is 1. The number of carbonyl (C=O) groups excluding carboxylic acids is 2. The third-order valence-corrected chi connectivity index (χ3v) is 4.65. The molecule has 1 N–H and O–H groups in total. The molecule has 1 fully saturated rings. The largest absolute Gasteiger partial charge is 0.391 e. The summed E-state index contributed by atoms with van der Waals surface area (Å²) < 4.78 is 0.778. The van der Waals surface area contributed by atoms with E-state index < -0.39 is 6.10 Å². The summed E-state index contributed by atoms with van der Waals surface area (Å²) in [5.41, 5.74) is 0.871. The van der Waals surface area contributed by atoms with Crippen LogP contribution in [0.4, 0.5) is 0 Å². The van der Waals surface area contributed by atoms with Crippen LogP contribution in [0.1, 0.15) is 52.8 Å². The molecule has 1 saturated carbocycles. The van der Waals surface area contributed by atoms with Gasteiger partial charge in [0, 0.05) is 4.47 Å². The molecule has 2 amide bonds. The van der Waals surface area contributed by atoms with Crippen molar-refractivity contribution in [1.82, 2.24) is 4.90 Å². The number of fused-ring (bicyclic) bond motifs is 1. The normalized spacial score (nSPS) is 26.6. The predicted molar refractivity (Wildman–Crippen MR) is 77.5 cm³/mol. The third kappa shape index (κ3) is 2.19. The van der Waals surface area contributed by atoms with Gasteiger partial charge in [-0.25, -0.2) is 0 Å². The highest BCUT2D eigenvalue weighted by Gasteiger charge is 2.42. The van der Waals surface area contributed by atoms with E-state index in [0.29, 0.717) is 24.0 Å². The Bertz CT molecular complexity index is 572. The smallest absolute Gasteiger partial charge is 0.261 e. The van der Waals surface area contributed by atoms with Gasteiger partial charge in [0.25, 0.3) is 11.8 Å². The number of imide groups is 1. The first-order valence-electron chi connectivity index (χ1n) is 6.95. The van der Waals surface area contributed by atoms with Crippen LogP contribution in [-0.2, 0) is 0 Å². The number of amides is 2. The molecule has 1 aromatic carbocycles. The fourth-order valence-electron chi connectivity index (χ4n) is 3.10. The van der Waals surface area contributed by atoms with Crippen molar-refractivity contribution in [2.24, 2.45) is 0 Å². The number of aliphatic hydroxyl groups excluding tert-OH is 1. The molecular formula is C15H16BrNO3. The van der Waals surface area contributed by atoms with Crippen molar-refractivity contribution in [2.45, 2.75) is 44.2 Å². The van der Waals surface area contributed by atoms with Crippen molar-refractivity contribution < 1.29 is 14.7 Å². The van der Waals surface area contributed by atoms with E-state index in [-0.39, 0.29) is 17.9 Å². The van der Waals surface area contributed by atoms with Gasteiger partial charge in [-0.2, -0.15) is 0 Å². The van der Waals surface area contributed by atoms with Crippen molar-refractivity contribution in [3.8, 4) is 0 Å². The molecule has 5 heteroatoms. The summed E-state index contributed by atoms with van der Waals surface area (Å²) in [6.45, 7) is 0. The minimum absolute atomic E-state index is 0.275. The molecule has 0 bridgehead atoms. The van der Waals surface area contributed by atoms with E-state index in [1.807, 2.05) is 0 Å². The number of nitrogens with zero attached hydrogens (tertiary/aromatic N) is 1. The van der Waals surface area contributed by atoms with Crippen LogP contribution in [0.2, 0.25) is 0 Å². The van der Waals surface area contributed by atoms with Crippen LogP contribution in [0.3, 0.4) is 0 Å². The minimum Gasteiger partial charge on any atom is -0.391 e. The molecule has 0 radical (unpaired) electrons. The highest BCUT2D eigenvalue weighted by molar-refractivity contribution is 9.10. The molecule has 2 aliphatic rings. The van der Waals surface area contributed by atoms with Crippen LogP contribution in [0.25, 0.3) is 0 Å². The van der Waals surface area contributed by atoms with Crippen molar-refractivity contribution >= 4 is 27.7 Å². The molecule has 1 aliphatic heterocycles. The van der Waals surface area contributed by atoms with Gasteiger partial charge in [0.2, 0.25) is 0 Å². The van der Waals surface area contributed by atoms with Crippen molar-refractivity contribution in [2.75, 3.05) is 0 Å². The highest BCUT2D eigenvalue weighted by atomic mass is 79.9. The van der Waals surface area contributed by atoms with E-state index in [2.05, 4.69) is 15.9 Å². The third-order valence-electron chi connectivity index (χ3n) is 4.16. The predicted octanol–water partition coefficient (Wildman–Crippen LogP) is 2.74. The lowest BCUT2D eigenvalue weighted by Crippen LogP contribution is -2.46. The standard InChI is InChI=1S/C15H16BrNO3/c16-9-6-7-10-11(8-9)15(20)17(14(10)19)12-4-2-1-3-5-13(12)18/h6-8,12-13,18H,1-5H2. The van der Waals surface area contributed by atoms with Crippen molar-refractivity contribution in [3.05, 3.63) is 33.8 Å². The number of halogens is 1. The van der Waals surface area contributed by atoms with E-state index in [0.717, 1.165) is 23.7 Å². The zero-order chi connectivity index (χ0) is 14.3. The Morgan fingerprint density at radius 1 is 1.05 bits per heavy atom. The molecule has 0 aromatic heterocycles. The number of carbonyl (C=O) groups is 2. The Morgan fingerprint density at radius 3 is 2.55 bits per heavy atom. The second-order valence-corrected chi connectivity index (χ2v) is 6.36. The number of benzene rings is 1. The number of hydrogen-bond acceptors (Lipinski definition) is 3. The number of aliphatic hydroxyl groups is 1. The molecule has 106 valence electrons. The molecule has 1 heterocycles. The van der Waals surface area contributed by atoms with E-state index in [1.165, 1.54) is 4.90 Å². The van der Waals surface area contributed by atoms with Crippen LogP contribution >= 0.6 is 15.9 Å². The van der Waals surface area contributed by atoms with E-state index in [1.54, 1.807) is 18.2 Å². The molecule has 3 rings (SSSR count). The Morgan fingerprint density at radius 2 is 1.75 bits per heavy atom. The number of hydrogen-bond donors (Lipinski definition) is 1. The Kier molecular flexibility index (Phi) is 3.65. The summed E-state index contributed by atoms with van der Waals surface area (Å²) in [6, 6.07) is 4.72. The maximum atomic E-state index is 12.5. The van der Waals surface area contributed by atoms with Gasteiger partial charge in [0.15, 0.2) is 0 Å². The summed E-state index contributed by atoms with van der Waals surface area (Å²) in [5, 5.41) is 10.2. The van der Waals surface area contributed by atoms with Gasteiger partial charge in [-0.05, 0) is 31.0 Å². The first-order chi connectivity index (χ1) is 9.59. The monoisotopic (exact) mass is 337 g/mol. The second kappa shape index (κ2) is 5.30. The van der Waals surface area contributed by atoms with Gasteiger partial charge >= 0.3 is 0 Å². The van der Waals surface area contributed by atoms with Crippen LogP contribution in [0.5, 0.6) is 0 Å². The van der Waals surface area contributed by atoms with Crippen LogP contribution in [-0.4, -0.2) is 34.0 Å². The summed E-state index contributed by atoms with van der Waals surface area (Å²) in [5.74, 6) is -0.555. The quantitative estimate of drug-likeness (QED) is 0.633. The van der Waals surface area contributed by atoms with Crippen LogP contribution in [0.15, 0.2) is 22.7 Å². The fraction of sp³-hybridized carbons (Fsp3) is 0.467. The van der Waals surface area contributed by atoms with Crippen LogP contribution < -0.4 is 0 Å². The molecule has 2 unspecified atom stereocenters. The highest BCUT2D eigenvalue weighted by Crippen LogP contribution is 2.31. The average Bonchev–Trinajstić information content (AvgIpc) is 2.57. The molecule has 0 saturated heterocycles. The molecule has 0 spiro atoms. The van der Waals surface area contributed by atoms with Gasteiger partial charge in [-0.1, -0.05) is 35.2 Å². The van der Waals surface area contributed by atoms with Crippen LogP contribution in [0, 0.1) is 0 Å². The second-order valence-electron chi connectivity index (χ2n) is 5.44.